The molecule has 0 heterocycles. The van der Waals surface area contributed by atoms with Gasteiger partial charge in [0, 0.05) is 0 Å². The largest absolute Gasteiger partial charge is 0.388 e. The van der Waals surface area contributed by atoms with E-state index in [0.29, 0.717) is 11.3 Å². The molecule has 0 unspecified atom stereocenters. The Balaban J connectivity index is 2.04. The van der Waals surface area contributed by atoms with Gasteiger partial charge in [0.2, 0.25) is 0 Å². The fraction of sp³-hybridized carbons (Fsp3) is 0.938. The van der Waals surface area contributed by atoms with E-state index in [9.17, 15) is 10.4 Å². The maximum Gasteiger partial charge on any atom is 0.0860 e. The molecule has 2 aliphatic rings. The van der Waals surface area contributed by atoms with Gasteiger partial charge in [-0.25, -0.2) is 0 Å². The zero-order valence-corrected chi connectivity index (χ0v) is 12.1. The summed E-state index contributed by atoms with van der Waals surface area (Å²) in [6.45, 7) is 6.93. The van der Waals surface area contributed by atoms with E-state index >= 15 is 0 Å². The first kappa shape index (κ1) is 13.9. The van der Waals surface area contributed by atoms with E-state index < -0.39 is 11.0 Å². The molecule has 0 aromatic heterocycles. The molecule has 0 aromatic rings. The first-order valence-corrected chi connectivity index (χ1v) is 7.53. The molecule has 2 fully saturated rings. The molecule has 0 amide bonds. The fourth-order valence-electron chi connectivity index (χ4n) is 3.86. The molecule has 18 heavy (non-hydrogen) atoms. The number of hydrogen-bond acceptors (Lipinski definition) is 2. The number of aliphatic hydroxyl groups is 1. The average molecular weight is 249 g/mol. The summed E-state index contributed by atoms with van der Waals surface area (Å²) in [5, 5.41) is 20.3. The number of rotatable bonds is 3. The van der Waals surface area contributed by atoms with E-state index in [-0.39, 0.29) is 0 Å². The van der Waals surface area contributed by atoms with Crippen molar-refractivity contribution in [2.24, 2.45) is 16.7 Å². The fourth-order valence-corrected chi connectivity index (χ4v) is 3.86. The maximum absolute atomic E-state index is 10.9. The van der Waals surface area contributed by atoms with Gasteiger partial charge in [-0.1, -0.05) is 33.6 Å². The summed E-state index contributed by atoms with van der Waals surface area (Å²) in [6, 6.07) is 2.44. The second kappa shape index (κ2) is 4.53. The lowest BCUT2D eigenvalue weighted by molar-refractivity contribution is -0.130. The van der Waals surface area contributed by atoms with Gasteiger partial charge in [-0.3, -0.25) is 0 Å². The molecule has 0 aromatic carbocycles. The van der Waals surface area contributed by atoms with Gasteiger partial charge in [0.1, 0.15) is 0 Å². The standard InChI is InChI=1S/C16H27NO/c1-4-14(2,3)13-6-10-16(18,11-7-13)15(12-17)8-5-9-15/h13,18H,4-11H2,1-3H3. The van der Waals surface area contributed by atoms with Gasteiger partial charge in [-0.15, -0.1) is 0 Å². The lowest BCUT2D eigenvalue weighted by Gasteiger charge is -2.53. The molecule has 0 atom stereocenters. The van der Waals surface area contributed by atoms with E-state index in [1.807, 2.05) is 0 Å². The monoisotopic (exact) mass is 249 g/mol. The molecule has 0 bridgehead atoms. The second-order valence-corrected chi connectivity index (χ2v) is 7.20. The Morgan fingerprint density at radius 1 is 1.22 bits per heavy atom. The molecule has 0 saturated heterocycles. The van der Waals surface area contributed by atoms with Crippen molar-refractivity contribution in [2.45, 2.75) is 77.7 Å². The Kier molecular flexibility index (Phi) is 3.49. The van der Waals surface area contributed by atoms with Crippen molar-refractivity contribution in [3.63, 3.8) is 0 Å². The summed E-state index contributed by atoms with van der Waals surface area (Å²) in [5.41, 5.74) is -0.727. The topological polar surface area (TPSA) is 44.0 Å². The van der Waals surface area contributed by atoms with E-state index in [0.717, 1.165) is 44.9 Å². The third kappa shape index (κ3) is 1.97. The van der Waals surface area contributed by atoms with Gasteiger partial charge in [0.15, 0.2) is 0 Å². The predicted octanol–water partition coefficient (Wildman–Crippen LogP) is 4.04. The summed E-state index contributed by atoms with van der Waals surface area (Å²) < 4.78 is 0. The van der Waals surface area contributed by atoms with E-state index in [2.05, 4.69) is 26.8 Å². The summed E-state index contributed by atoms with van der Waals surface area (Å²) in [7, 11) is 0. The zero-order valence-electron chi connectivity index (χ0n) is 12.1. The molecule has 0 radical (unpaired) electrons. The number of nitriles is 1. The van der Waals surface area contributed by atoms with Crippen LogP contribution in [0.2, 0.25) is 0 Å². The Bertz CT molecular complexity index is 341. The van der Waals surface area contributed by atoms with E-state index in [4.69, 9.17) is 0 Å². The highest BCUT2D eigenvalue weighted by Crippen LogP contribution is 2.56. The minimum Gasteiger partial charge on any atom is -0.388 e. The van der Waals surface area contributed by atoms with Crippen LogP contribution in [0.1, 0.15) is 72.1 Å². The molecular weight excluding hydrogens is 222 g/mol. The summed E-state index contributed by atoms with van der Waals surface area (Å²) in [4.78, 5) is 0. The van der Waals surface area contributed by atoms with Crippen LogP contribution in [-0.2, 0) is 0 Å². The normalized spacial score (nSPS) is 35.6. The minimum atomic E-state index is -0.694. The lowest BCUT2D eigenvalue weighted by atomic mass is 9.53. The van der Waals surface area contributed by atoms with Gasteiger partial charge in [-0.2, -0.15) is 5.26 Å². The Morgan fingerprint density at radius 3 is 2.11 bits per heavy atom. The molecule has 1 N–H and O–H groups in total. The molecule has 0 aliphatic heterocycles. The van der Waals surface area contributed by atoms with Gasteiger partial charge in [0.25, 0.3) is 0 Å². The molecule has 0 spiro atoms. The highest BCUT2D eigenvalue weighted by Gasteiger charge is 2.56. The smallest absolute Gasteiger partial charge is 0.0860 e. The molecule has 102 valence electrons. The summed E-state index contributed by atoms with van der Waals surface area (Å²) in [5.74, 6) is 0.707. The number of hydrogen-bond donors (Lipinski definition) is 1. The average Bonchev–Trinajstić information content (AvgIpc) is 2.28. The van der Waals surface area contributed by atoms with Gasteiger partial charge in [-0.05, 0) is 49.9 Å². The molecule has 2 saturated carbocycles. The van der Waals surface area contributed by atoms with Crippen molar-refractivity contribution in [3.8, 4) is 6.07 Å². The molecule has 2 aliphatic carbocycles. The number of nitrogens with zero attached hydrogens (tertiary/aromatic N) is 1. The lowest BCUT2D eigenvalue weighted by Crippen LogP contribution is -2.54. The van der Waals surface area contributed by atoms with Crippen LogP contribution in [-0.4, -0.2) is 10.7 Å². The minimum absolute atomic E-state index is 0.376. The third-order valence-electron chi connectivity index (χ3n) is 6.14. The SMILES string of the molecule is CCC(C)(C)C1CCC(O)(C2(C#N)CCC2)CC1. The van der Waals surface area contributed by atoms with Crippen LogP contribution in [0.15, 0.2) is 0 Å². The van der Waals surface area contributed by atoms with Crippen LogP contribution < -0.4 is 0 Å². The first-order chi connectivity index (χ1) is 8.39. The second-order valence-electron chi connectivity index (χ2n) is 7.20. The van der Waals surface area contributed by atoms with Crippen molar-refractivity contribution in [2.75, 3.05) is 0 Å². The van der Waals surface area contributed by atoms with Crippen molar-refractivity contribution in [1.29, 1.82) is 5.26 Å². The van der Waals surface area contributed by atoms with Gasteiger partial charge < -0.3 is 5.11 Å². The van der Waals surface area contributed by atoms with Crippen LogP contribution in [0.5, 0.6) is 0 Å². The van der Waals surface area contributed by atoms with Crippen LogP contribution in [0.3, 0.4) is 0 Å². The van der Waals surface area contributed by atoms with Crippen LogP contribution >= 0.6 is 0 Å². The van der Waals surface area contributed by atoms with E-state index in [1.54, 1.807) is 0 Å². The van der Waals surface area contributed by atoms with Crippen molar-refractivity contribution >= 4 is 0 Å². The van der Waals surface area contributed by atoms with Crippen LogP contribution in [0.4, 0.5) is 0 Å². The summed E-state index contributed by atoms with van der Waals surface area (Å²) in [6.07, 6.45) is 7.94. The zero-order chi connectivity index (χ0) is 13.4. The molecule has 2 heteroatoms. The van der Waals surface area contributed by atoms with Crippen molar-refractivity contribution in [3.05, 3.63) is 0 Å². The quantitative estimate of drug-likeness (QED) is 0.820. The van der Waals surface area contributed by atoms with Crippen molar-refractivity contribution < 1.29 is 5.11 Å². The highest BCUT2D eigenvalue weighted by atomic mass is 16.3. The van der Waals surface area contributed by atoms with Crippen molar-refractivity contribution in [1.82, 2.24) is 0 Å². The highest BCUT2D eigenvalue weighted by molar-refractivity contribution is 5.16. The summed E-state index contributed by atoms with van der Waals surface area (Å²) >= 11 is 0. The predicted molar refractivity (Wildman–Crippen MR) is 72.9 cm³/mol. The maximum atomic E-state index is 10.9. The molecule has 2 nitrogen and oxygen atoms in total. The third-order valence-corrected chi connectivity index (χ3v) is 6.14. The Morgan fingerprint density at radius 2 is 1.78 bits per heavy atom. The molecular formula is C16H27NO. The van der Waals surface area contributed by atoms with Gasteiger partial charge in [0.05, 0.1) is 17.1 Å². The van der Waals surface area contributed by atoms with Gasteiger partial charge >= 0.3 is 0 Å². The Hall–Kier alpha value is -0.550. The Labute approximate surface area is 111 Å². The van der Waals surface area contributed by atoms with Crippen LogP contribution in [0, 0.1) is 28.1 Å². The first-order valence-electron chi connectivity index (χ1n) is 7.53. The molecule has 2 rings (SSSR count). The van der Waals surface area contributed by atoms with Crippen LogP contribution in [0.25, 0.3) is 0 Å². The van der Waals surface area contributed by atoms with E-state index in [1.165, 1.54) is 6.42 Å².